The molecule has 0 spiro atoms. The molecule has 0 radical (unpaired) electrons. The van der Waals surface area contributed by atoms with Crippen LogP contribution in [0, 0.1) is 0 Å². The average molecular weight is 334 g/mol. The van der Waals surface area contributed by atoms with E-state index in [0.717, 1.165) is 10.0 Å². The third-order valence-electron chi connectivity index (χ3n) is 2.38. The third-order valence-corrected chi connectivity index (χ3v) is 2.97. The van der Waals surface area contributed by atoms with Gasteiger partial charge in [0.05, 0.1) is 17.7 Å². The van der Waals surface area contributed by atoms with Crippen molar-refractivity contribution in [2.45, 2.75) is 19.6 Å². The van der Waals surface area contributed by atoms with Gasteiger partial charge in [-0.1, -0.05) is 0 Å². The van der Waals surface area contributed by atoms with Gasteiger partial charge in [-0.25, -0.2) is 0 Å². The van der Waals surface area contributed by atoms with Crippen LogP contribution in [0.5, 0.6) is 11.5 Å². The summed E-state index contributed by atoms with van der Waals surface area (Å²) in [6, 6.07) is 3.72. The summed E-state index contributed by atoms with van der Waals surface area (Å²) in [4.78, 5) is 0. The Morgan fingerprint density at radius 2 is 2.05 bits per heavy atom. The predicted octanol–water partition coefficient (Wildman–Crippen LogP) is 1.69. The van der Waals surface area contributed by atoms with Crippen LogP contribution < -0.4 is 15.2 Å². The highest BCUT2D eigenvalue weighted by atomic mass is 79.9. The molecule has 1 aromatic rings. The van der Waals surface area contributed by atoms with Gasteiger partial charge in [0, 0.05) is 13.7 Å². The van der Waals surface area contributed by atoms with Gasteiger partial charge in [-0.05, 0) is 40.5 Å². The van der Waals surface area contributed by atoms with Gasteiger partial charge in [-0.3, -0.25) is 0 Å². The maximum atomic E-state index is 9.60. The van der Waals surface area contributed by atoms with Gasteiger partial charge >= 0.3 is 0 Å². The van der Waals surface area contributed by atoms with Crippen LogP contribution in [0.2, 0.25) is 0 Å². The molecule has 1 rings (SSSR count). The maximum Gasteiger partial charge on any atom is 0.175 e. The summed E-state index contributed by atoms with van der Waals surface area (Å²) in [6.07, 6.45) is -0.680. The minimum atomic E-state index is -0.680. The lowest BCUT2D eigenvalue weighted by Crippen LogP contribution is -2.23. The normalized spacial score (nSPS) is 12.3. The fraction of sp³-hybridized carbons (Fsp3) is 0.538. The minimum Gasteiger partial charge on any atom is -0.490 e. The second-order valence-corrected chi connectivity index (χ2v) is 4.82. The Hall–Kier alpha value is -0.820. The van der Waals surface area contributed by atoms with E-state index in [-0.39, 0.29) is 13.2 Å². The van der Waals surface area contributed by atoms with E-state index >= 15 is 0 Å². The first-order chi connectivity index (χ1) is 9.12. The van der Waals surface area contributed by atoms with Crippen LogP contribution in [0.4, 0.5) is 0 Å². The van der Waals surface area contributed by atoms with E-state index in [4.69, 9.17) is 19.9 Å². The van der Waals surface area contributed by atoms with Crippen molar-refractivity contribution in [1.29, 1.82) is 0 Å². The average Bonchev–Trinajstić information content (AvgIpc) is 2.38. The molecule has 3 N–H and O–H groups in total. The molecule has 19 heavy (non-hydrogen) atoms. The van der Waals surface area contributed by atoms with E-state index in [1.165, 1.54) is 7.11 Å². The summed E-state index contributed by atoms with van der Waals surface area (Å²) >= 11 is 3.42. The first kappa shape index (κ1) is 16.2. The topological polar surface area (TPSA) is 73.9 Å². The van der Waals surface area contributed by atoms with E-state index < -0.39 is 6.10 Å². The van der Waals surface area contributed by atoms with E-state index in [2.05, 4.69) is 15.9 Å². The smallest absolute Gasteiger partial charge is 0.175 e. The van der Waals surface area contributed by atoms with Crippen molar-refractivity contribution in [3.63, 3.8) is 0 Å². The Morgan fingerprint density at radius 1 is 1.32 bits per heavy atom. The van der Waals surface area contributed by atoms with Crippen LogP contribution in [0.3, 0.4) is 0 Å². The molecule has 0 aliphatic heterocycles. The molecule has 108 valence electrons. The summed E-state index contributed by atoms with van der Waals surface area (Å²) in [7, 11) is 1.53. The van der Waals surface area contributed by atoms with Crippen molar-refractivity contribution >= 4 is 15.9 Å². The minimum absolute atomic E-state index is 0.133. The van der Waals surface area contributed by atoms with Crippen molar-refractivity contribution in [1.82, 2.24) is 0 Å². The first-order valence-corrected chi connectivity index (χ1v) is 6.86. The summed E-state index contributed by atoms with van der Waals surface area (Å²) in [5, 5.41) is 9.60. The number of aliphatic hydroxyl groups is 1. The van der Waals surface area contributed by atoms with Gasteiger partial charge in [-0.15, -0.1) is 0 Å². The third kappa shape index (κ3) is 4.99. The Labute approximate surface area is 121 Å². The molecule has 0 heterocycles. The largest absolute Gasteiger partial charge is 0.490 e. The van der Waals surface area contributed by atoms with Crippen molar-refractivity contribution < 1.29 is 19.3 Å². The molecule has 1 atom stereocenters. The molecule has 5 nitrogen and oxygen atoms in total. The number of methoxy groups -OCH3 is 1. The standard InChI is InChI=1S/C13H20BrNO4/c1-3-18-12-5-9(6-15)4-11(14)13(12)19-8-10(16)7-17-2/h4-5,10,16H,3,6-8,15H2,1-2H3. The second-order valence-electron chi connectivity index (χ2n) is 3.96. The molecule has 1 aromatic carbocycles. The number of aliphatic hydroxyl groups excluding tert-OH is 1. The lowest BCUT2D eigenvalue weighted by Gasteiger charge is -2.17. The lowest BCUT2D eigenvalue weighted by atomic mass is 10.2. The zero-order valence-electron chi connectivity index (χ0n) is 11.2. The number of benzene rings is 1. The molecule has 0 saturated carbocycles. The van der Waals surface area contributed by atoms with E-state index in [1.54, 1.807) is 0 Å². The Kier molecular flexibility index (Phi) is 7.15. The van der Waals surface area contributed by atoms with E-state index in [9.17, 15) is 5.11 Å². The second kappa shape index (κ2) is 8.37. The Bertz CT molecular complexity index is 400. The molecule has 0 aromatic heterocycles. The molecule has 0 aliphatic carbocycles. The van der Waals surface area contributed by atoms with Crippen LogP contribution in [0.25, 0.3) is 0 Å². The van der Waals surface area contributed by atoms with Gasteiger partial charge in [0.2, 0.25) is 0 Å². The van der Waals surface area contributed by atoms with Gasteiger partial charge in [0.25, 0.3) is 0 Å². The number of hydrogen-bond donors (Lipinski definition) is 2. The fourth-order valence-corrected chi connectivity index (χ4v) is 2.17. The molecule has 1 unspecified atom stereocenters. The zero-order valence-corrected chi connectivity index (χ0v) is 12.8. The summed E-state index contributed by atoms with van der Waals surface area (Å²) < 4.78 is 16.7. The van der Waals surface area contributed by atoms with Gasteiger partial charge in [0.1, 0.15) is 12.7 Å². The lowest BCUT2D eigenvalue weighted by molar-refractivity contribution is 0.0316. The quantitative estimate of drug-likeness (QED) is 0.757. The highest BCUT2D eigenvalue weighted by Gasteiger charge is 2.14. The highest BCUT2D eigenvalue weighted by Crippen LogP contribution is 2.36. The molecule has 0 aliphatic rings. The molecule has 0 fully saturated rings. The van der Waals surface area contributed by atoms with Gasteiger partial charge in [0.15, 0.2) is 11.5 Å². The predicted molar refractivity (Wildman–Crippen MR) is 76.6 cm³/mol. The fourth-order valence-electron chi connectivity index (χ4n) is 1.56. The van der Waals surface area contributed by atoms with Crippen LogP contribution in [0.15, 0.2) is 16.6 Å². The first-order valence-electron chi connectivity index (χ1n) is 6.07. The Balaban J connectivity index is 2.85. The molecular formula is C13H20BrNO4. The molecule has 6 heteroatoms. The van der Waals surface area contributed by atoms with E-state index in [0.29, 0.717) is 24.7 Å². The van der Waals surface area contributed by atoms with Gasteiger partial charge < -0.3 is 25.1 Å². The number of rotatable bonds is 8. The van der Waals surface area contributed by atoms with Crippen LogP contribution in [0.1, 0.15) is 12.5 Å². The van der Waals surface area contributed by atoms with Crippen LogP contribution in [-0.4, -0.2) is 38.1 Å². The maximum absolute atomic E-state index is 9.60. The summed E-state index contributed by atoms with van der Waals surface area (Å²) in [6.45, 7) is 3.20. The van der Waals surface area contributed by atoms with Crippen molar-refractivity contribution in [2.75, 3.05) is 26.9 Å². The van der Waals surface area contributed by atoms with Crippen LogP contribution >= 0.6 is 15.9 Å². The molecule has 0 bridgehead atoms. The Morgan fingerprint density at radius 3 is 2.63 bits per heavy atom. The number of nitrogens with two attached hydrogens (primary N) is 1. The van der Waals surface area contributed by atoms with E-state index in [1.807, 2.05) is 19.1 Å². The van der Waals surface area contributed by atoms with Crippen molar-refractivity contribution in [3.05, 3.63) is 22.2 Å². The van der Waals surface area contributed by atoms with Gasteiger partial charge in [-0.2, -0.15) is 0 Å². The van der Waals surface area contributed by atoms with Crippen molar-refractivity contribution in [2.24, 2.45) is 5.73 Å². The molecule has 0 saturated heterocycles. The van der Waals surface area contributed by atoms with Crippen LogP contribution in [-0.2, 0) is 11.3 Å². The number of hydrogen-bond acceptors (Lipinski definition) is 5. The molecule has 0 amide bonds. The summed E-state index contributed by atoms with van der Waals surface area (Å²) in [5.41, 5.74) is 6.57. The molecular weight excluding hydrogens is 314 g/mol. The van der Waals surface area contributed by atoms with Crippen molar-refractivity contribution in [3.8, 4) is 11.5 Å². The zero-order chi connectivity index (χ0) is 14.3. The highest BCUT2D eigenvalue weighted by molar-refractivity contribution is 9.10. The summed E-state index contributed by atoms with van der Waals surface area (Å²) in [5.74, 6) is 1.18. The SMILES string of the molecule is CCOc1cc(CN)cc(Br)c1OCC(O)COC. The number of halogens is 1. The number of ether oxygens (including phenoxy) is 3. The monoisotopic (exact) mass is 333 g/mol.